The molecule has 146 valence electrons. The van der Waals surface area contributed by atoms with Gasteiger partial charge in [0.05, 0.1) is 12.3 Å². The molecule has 7 nitrogen and oxygen atoms in total. The summed E-state index contributed by atoms with van der Waals surface area (Å²) in [6.45, 7) is -0.111. The van der Waals surface area contributed by atoms with Crippen LogP contribution in [0.5, 0.6) is 11.5 Å². The Balaban J connectivity index is 1.45. The number of fused-ring (bicyclic) bond motifs is 1. The van der Waals surface area contributed by atoms with Crippen molar-refractivity contribution in [2.75, 3.05) is 13.2 Å². The maximum atomic E-state index is 12.4. The molecule has 1 aliphatic heterocycles. The van der Waals surface area contributed by atoms with E-state index in [9.17, 15) is 19.8 Å². The second-order valence-electron chi connectivity index (χ2n) is 6.59. The highest BCUT2D eigenvalue weighted by atomic mass is 16.5. The van der Waals surface area contributed by atoms with E-state index in [2.05, 4.69) is 5.10 Å². The van der Waals surface area contributed by atoms with E-state index in [0.29, 0.717) is 23.7 Å². The average molecular weight is 390 g/mol. The predicted octanol–water partition coefficient (Wildman–Crippen LogP) is 3.04. The summed E-state index contributed by atoms with van der Waals surface area (Å²) in [6.07, 6.45) is 0.614. The fourth-order valence-electron chi connectivity index (χ4n) is 3.25. The summed E-state index contributed by atoms with van der Waals surface area (Å²) >= 11 is 0. The van der Waals surface area contributed by atoms with E-state index in [1.54, 1.807) is 24.3 Å². The molecule has 2 N–H and O–H groups in total. The normalized spacial score (nSPS) is 13.4. The van der Waals surface area contributed by atoms with Crippen molar-refractivity contribution in [2.24, 2.45) is 5.10 Å². The number of phenols is 2. The van der Waals surface area contributed by atoms with Crippen LogP contribution in [-0.4, -0.2) is 46.0 Å². The molecule has 0 saturated carbocycles. The maximum Gasteiger partial charge on any atom is 0.342 e. The van der Waals surface area contributed by atoms with E-state index in [4.69, 9.17) is 4.74 Å². The average Bonchev–Trinajstić information content (AvgIpc) is 3.25. The molecular weight excluding hydrogens is 372 g/mol. The van der Waals surface area contributed by atoms with Gasteiger partial charge in [-0.2, -0.15) is 5.10 Å². The number of phenolic OH excluding ortho intramolecular Hbond substituents is 2. The van der Waals surface area contributed by atoms with Crippen LogP contribution < -0.4 is 0 Å². The van der Waals surface area contributed by atoms with Gasteiger partial charge >= 0.3 is 5.97 Å². The minimum Gasteiger partial charge on any atom is -0.507 e. The van der Waals surface area contributed by atoms with Crippen LogP contribution in [0, 0.1) is 0 Å². The van der Waals surface area contributed by atoms with E-state index < -0.39 is 18.5 Å². The van der Waals surface area contributed by atoms with Crippen LogP contribution >= 0.6 is 0 Å². The van der Waals surface area contributed by atoms with E-state index in [1.807, 2.05) is 30.3 Å². The van der Waals surface area contributed by atoms with Crippen molar-refractivity contribution in [1.29, 1.82) is 0 Å². The minimum absolute atomic E-state index is 0.159. The summed E-state index contributed by atoms with van der Waals surface area (Å²) in [5, 5.41) is 26.8. The highest BCUT2D eigenvalue weighted by molar-refractivity contribution is 6.04. The van der Waals surface area contributed by atoms with E-state index >= 15 is 0 Å². The summed E-state index contributed by atoms with van der Waals surface area (Å²) in [7, 11) is 0. The topological polar surface area (TPSA) is 99.4 Å². The molecule has 0 spiro atoms. The molecule has 7 heteroatoms. The molecular formula is C22H18N2O5. The number of esters is 1. The van der Waals surface area contributed by atoms with E-state index in [0.717, 1.165) is 17.3 Å². The number of hydrogen-bond acceptors (Lipinski definition) is 6. The number of hydrazone groups is 1. The Morgan fingerprint density at radius 2 is 1.69 bits per heavy atom. The largest absolute Gasteiger partial charge is 0.507 e. The van der Waals surface area contributed by atoms with Gasteiger partial charge in [-0.05, 0) is 11.6 Å². The molecule has 1 heterocycles. The van der Waals surface area contributed by atoms with Crippen LogP contribution in [0.2, 0.25) is 0 Å². The number of ether oxygens (including phenoxy) is 1. The smallest absolute Gasteiger partial charge is 0.342 e. The lowest BCUT2D eigenvalue weighted by Gasteiger charge is -2.13. The van der Waals surface area contributed by atoms with Crippen molar-refractivity contribution in [1.82, 2.24) is 5.01 Å². The zero-order valence-corrected chi connectivity index (χ0v) is 15.4. The second-order valence-corrected chi connectivity index (χ2v) is 6.59. The van der Waals surface area contributed by atoms with Crippen LogP contribution in [0.4, 0.5) is 0 Å². The Labute approximate surface area is 166 Å². The predicted molar refractivity (Wildman–Crippen MR) is 107 cm³/mol. The molecule has 0 aromatic heterocycles. The molecule has 0 aliphatic carbocycles. The van der Waals surface area contributed by atoms with E-state index in [1.165, 1.54) is 5.01 Å². The molecule has 0 saturated heterocycles. The van der Waals surface area contributed by atoms with Gasteiger partial charge in [-0.3, -0.25) is 4.79 Å². The van der Waals surface area contributed by atoms with Gasteiger partial charge in [0.2, 0.25) is 0 Å². The number of rotatable bonds is 4. The van der Waals surface area contributed by atoms with Crippen LogP contribution in [0.1, 0.15) is 22.3 Å². The Kier molecular flexibility index (Phi) is 4.87. The van der Waals surface area contributed by atoms with Crippen molar-refractivity contribution in [3.05, 3.63) is 71.8 Å². The van der Waals surface area contributed by atoms with Gasteiger partial charge in [0.15, 0.2) is 6.61 Å². The number of carbonyl (C=O) groups is 2. The molecule has 0 bridgehead atoms. The van der Waals surface area contributed by atoms with Crippen LogP contribution in [0.3, 0.4) is 0 Å². The van der Waals surface area contributed by atoms with Crippen molar-refractivity contribution in [3.8, 4) is 11.5 Å². The maximum absolute atomic E-state index is 12.4. The Hall–Kier alpha value is -3.87. The third-order valence-electron chi connectivity index (χ3n) is 4.74. The minimum atomic E-state index is -0.900. The van der Waals surface area contributed by atoms with Gasteiger partial charge in [0.25, 0.3) is 5.91 Å². The van der Waals surface area contributed by atoms with Gasteiger partial charge in [-0.1, -0.05) is 54.6 Å². The third-order valence-corrected chi connectivity index (χ3v) is 4.74. The summed E-state index contributed by atoms with van der Waals surface area (Å²) in [4.78, 5) is 24.7. The van der Waals surface area contributed by atoms with Crippen LogP contribution in [-0.2, 0) is 9.53 Å². The first kappa shape index (κ1) is 18.5. The summed E-state index contributed by atoms with van der Waals surface area (Å²) in [6, 6.07) is 17.3. The van der Waals surface area contributed by atoms with Gasteiger partial charge in [0.1, 0.15) is 17.1 Å². The SMILES string of the molecule is O=C(OCC(=O)N1CCC(c2ccccc2)=N1)c1cc(O)c2ccccc2c1O. The van der Waals surface area contributed by atoms with Crippen molar-refractivity contribution >= 4 is 28.4 Å². The Bertz CT molecular complexity index is 1120. The second kappa shape index (κ2) is 7.63. The quantitative estimate of drug-likeness (QED) is 0.527. The van der Waals surface area contributed by atoms with Crippen molar-refractivity contribution in [2.45, 2.75) is 6.42 Å². The first-order valence-electron chi connectivity index (χ1n) is 9.08. The Morgan fingerprint density at radius 1 is 1.00 bits per heavy atom. The standard InChI is InChI=1S/C22H18N2O5/c25-19-12-17(21(27)16-9-5-4-8-15(16)19)22(28)29-13-20(26)24-11-10-18(23-24)14-6-2-1-3-7-14/h1-9,12,25,27H,10-11,13H2. The molecule has 29 heavy (non-hydrogen) atoms. The monoisotopic (exact) mass is 390 g/mol. The van der Waals surface area contributed by atoms with Gasteiger partial charge in [-0.15, -0.1) is 0 Å². The first-order valence-corrected chi connectivity index (χ1v) is 9.08. The van der Waals surface area contributed by atoms with Crippen LogP contribution in [0.15, 0.2) is 65.8 Å². The van der Waals surface area contributed by atoms with E-state index in [-0.39, 0.29) is 17.1 Å². The third kappa shape index (κ3) is 3.62. The molecule has 0 radical (unpaired) electrons. The number of amides is 1. The van der Waals surface area contributed by atoms with Gasteiger partial charge < -0.3 is 14.9 Å². The highest BCUT2D eigenvalue weighted by Gasteiger charge is 2.24. The molecule has 4 rings (SSSR count). The molecule has 1 aliphatic rings. The highest BCUT2D eigenvalue weighted by Crippen LogP contribution is 2.35. The first-order chi connectivity index (χ1) is 14.0. The molecule has 0 fully saturated rings. The summed E-state index contributed by atoms with van der Waals surface area (Å²) in [5.74, 6) is -1.83. The fourth-order valence-corrected chi connectivity index (χ4v) is 3.25. The number of hydrogen-bond donors (Lipinski definition) is 2. The molecule has 0 atom stereocenters. The van der Waals surface area contributed by atoms with Crippen molar-refractivity contribution in [3.63, 3.8) is 0 Å². The molecule has 1 amide bonds. The molecule has 3 aromatic rings. The number of carbonyl (C=O) groups excluding carboxylic acids is 2. The lowest BCUT2D eigenvalue weighted by atomic mass is 10.0. The lowest BCUT2D eigenvalue weighted by molar-refractivity contribution is -0.134. The Morgan fingerprint density at radius 3 is 2.45 bits per heavy atom. The fraction of sp³-hybridized carbons (Fsp3) is 0.136. The number of nitrogens with zero attached hydrogens (tertiary/aromatic N) is 2. The zero-order valence-electron chi connectivity index (χ0n) is 15.4. The summed E-state index contributed by atoms with van der Waals surface area (Å²) < 4.78 is 5.06. The van der Waals surface area contributed by atoms with Crippen LogP contribution in [0.25, 0.3) is 10.8 Å². The number of benzene rings is 3. The number of aromatic hydroxyl groups is 2. The lowest BCUT2D eigenvalue weighted by Crippen LogP contribution is -2.28. The molecule has 0 unspecified atom stereocenters. The van der Waals surface area contributed by atoms with Crippen molar-refractivity contribution < 1.29 is 24.5 Å². The van der Waals surface area contributed by atoms with Gasteiger partial charge in [0, 0.05) is 17.2 Å². The zero-order chi connectivity index (χ0) is 20.4. The molecule has 3 aromatic carbocycles. The summed E-state index contributed by atoms with van der Waals surface area (Å²) in [5.41, 5.74) is 1.53. The van der Waals surface area contributed by atoms with Gasteiger partial charge in [-0.25, -0.2) is 9.80 Å².